The Balaban J connectivity index is 1.60. The van der Waals surface area contributed by atoms with Gasteiger partial charge in [0.15, 0.2) is 0 Å². The molecule has 3 amide bonds. The average molecular weight is 355 g/mol. The number of nitrogens with zero attached hydrogens (tertiary/aromatic N) is 3. The molecule has 0 saturated carbocycles. The summed E-state index contributed by atoms with van der Waals surface area (Å²) in [5.41, 5.74) is 4.72. The van der Waals surface area contributed by atoms with Crippen LogP contribution in [0.2, 0.25) is 0 Å². The highest BCUT2D eigenvalue weighted by molar-refractivity contribution is 5.90. The molecule has 0 fully saturated rings. The van der Waals surface area contributed by atoms with E-state index in [2.05, 4.69) is 15.7 Å². The number of hydrogen-bond acceptors (Lipinski definition) is 3. The van der Waals surface area contributed by atoms with Crippen LogP contribution in [-0.4, -0.2) is 33.2 Å². The van der Waals surface area contributed by atoms with Crippen molar-refractivity contribution in [3.05, 3.63) is 46.8 Å². The molecule has 1 aliphatic rings. The maximum atomic E-state index is 12.2. The van der Waals surface area contributed by atoms with Crippen LogP contribution in [0.5, 0.6) is 0 Å². The van der Waals surface area contributed by atoms with Gasteiger partial charge in [-0.25, -0.2) is 4.79 Å². The highest BCUT2D eigenvalue weighted by Crippen LogP contribution is 2.16. The number of rotatable bonds is 3. The number of hydrogen-bond donors (Lipinski definition) is 2. The third kappa shape index (κ3) is 4.22. The first-order valence-electron chi connectivity index (χ1n) is 8.85. The van der Waals surface area contributed by atoms with Gasteiger partial charge in [0.25, 0.3) is 0 Å². The van der Waals surface area contributed by atoms with Gasteiger partial charge in [0.2, 0.25) is 5.91 Å². The van der Waals surface area contributed by atoms with Gasteiger partial charge >= 0.3 is 6.03 Å². The lowest BCUT2D eigenvalue weighted by Crippen LogP contribution is -2.29. The SMILES string of the molecule is CC(=O)N1CCCn2nc(CNC(=O)Nc3cc(C)ccc3C)cc2C1. The predicted octanol–water partition coefficient (Wildman–Crippen LogP) is 2.57. The molecule has 138 valence electrons. The van der Waals surface area contributed by atoms with Crippen LogP contribution in [0.25, 0.3) is 0 Å². The lowest BCUT2D eigenvalue weighted by atomic mass is 10.1. The minimum atomic E-state index is -0.257. The Bertz CT molecular complexity index is 827. The van der Waals surface area contributed by atoms with Gasteiger partial charge in [-0.2, -0.15) is 5.10 Å². The number of anilines is 1. The van der Waals surface area contributed by atoms with Gasteiger partial charge in [0, 0.05) is 25.7 Å². The summed E-state index contributed by atoms with van der Waals surface area (Å²) in [6.07, 6.45) is 0.883. The van der Waals surface area contributed by atoms with Gasteiger partial charge in [0.05, 0.1) is 24.5 Å². The lowest BCUT2D eigenvalue weighted by Gasteiger charge is -2.17. The molecule has 0 saturated heterocycles. The molecule has 7 heteroatoms. The standard InChI is InChI=1S/C19H25N5O2/c1-13-5-6-14(2)18(9-13)21-19(26)20-11-16-10-17-12-23(15(3)25)7-4-8-24(17)22-16/h5-6,9-10H,4,7-8,11-12H2,1-3H3,(H2,20,21,26). The van der Waals surface area contributed by atoms with Gasteiger partial charge in [-0.1, -0.05) is 12.1 Å². The first kappa shape index (κ1) is 18.0. The number of carbonyl (C=O) groups is 2. The van der Waals surface area contributed by atoms with Crippen molar-refractivity contribution in [3.63, 3.8) is 0 Å². The minimum Gasteiger partial charge on any atom is -0.337 e. The fourth-order valence-corrected chi connectivity index (χ4v) is 3.08. The zero-order chi connectivity index (χ0) is 18.7. The molecule has 0 atom stereocenters. The van der Waals surface area contributed by atoms with Crippen LogP contribution in [0, 0.1) is 13.8 Å². The van der Waals surface area contributed by atoms with Crippen LogP contribution < -0.4 is 10.6 Å². The quantitative estimate of drug-likeness (QED) is 0.888. The van der Waals surface area contributed by atoms with E-state index in [0.29, 0.717) is 13.1 Å². The van der Waals surface area contributed by atoms with Crippen LogP contribution >= 0.6 is 0 Å². The molecule has 0 unspecified atom stereocenters. The molecule has 1 aliphatic heterocycles. The Kier molecular flexibility index (Phi) is 5.25. The molecule has 2 N–H and O–H groups in total. The Morgan fingerprint density at radius 3 is 2.77 bits per heavy atom. The molecular weight excluding hydrogens is 330 g/mol. The summed E-state index contributed by atoms with van der Waals surface area (Å²) in [6.45, 7) is 7.99. The second kappa shape index (κ2) is 7.59. The number of amides is 3. The predicted molar refractivity (Wildman–Crippen MR) is 99.7 cm³/mol. The topological polar surface area (TPSA) is 79.3 Å². The smallest absolute Gasteiger partial charge is 0.319 e. The fourth-order valence-electron chi connectivity index (χ4n) is 3.08. The zero-order valence-corrected chi connectivity index (χ0v) is 15.5. The van der Waals surface area contributed by atoms with E-state index in [4.69, 9.17) is 0 Å². The molecule has 3 rings (SSSR count). The average Bonchev–Trinajstić information content (AvgIpc) is 2.86. The van der Waals surface area contributed by atoms with Crippen LogP contribution in [0.4, 0.5) is 10.5 Å². The van der Waals surface area contributed by atoms with Crippen molar-refractivity contribution in [2.45, 2.75) is 46.8 Å². The fraction of sp³-hybridized carbons (Fsp3) is 0.421. The third-order valence-corrected chi connectivity index (χ3v) is 4.58. The molecule has 7 nitrogen and oxygen atoms in total. The Hall–Kier alpha value is -2.83. The first-order chi connectivity index (χ1) is 12.4. The maximum absolute atomic E-state index is 12.2. The third-order valence-electron chi connectivity index (χ3n) is 4.58. The van der Waals surface area contributed by atoms with Gasteiger partial charge in [-0.3, -0.25) is 9.48 Å². The van der Waals surface area contributed by atoms with Gasteiger partial charge in [0.1, 0.15) is 0 Å². The van der Waals surface area contributed by atoms with Crippen LogP contribution in [-0.2, 0) is 24.4 Å². The van der Waals surface area contributed by atoms with E-state index >= 15 is 0 Å². The van der Waals surface area contributed by atoms with Crippen LogP contribution in [0.1, 0.15) is 35.9 Å². The van der Waals surface area contributed by atoms with E-state index in [1.807, 2.05) is 47.7 Å². The van der Waals surface area contributed by atoms with Crippen LogP contribution in [0.3, 0.4) is 0 Å². The highest BCUT2D eigenvalue weighted by Gasteiger charge is 2.18. The van der Waals surface area contributed by atoms with E-state index in [-0.39, 0.29) is 11.9 Å². The van der Waals surface area contributed by atoms with Gasteiger partial charge in [-0.15, -0.1) is 0 Å². The number of urea groups is 1. The minimum absolute atomic E-state index is 0.0761. The van der Waals surface area contributed by atoms with E-state index in [1.54, 1.807) is 6.92 Å². The number of aryl methyl sites for hydroxylation is 3. The van der Waals surface area contributed by atoms with Crippen molar-refractivity contribution in [1.29, 1.82) is 0 Å². The molecule has 0 radical (unpaired) electrons. The molecule has 26 heavy (non-hydrogen) atoms. The Labute approximate surface area is 153 Å². The molecule has 1 aromatic carbocycles. The molecular formula is C19H25N5O2. The van der Waals surface area contributed by atoms with Crippen molar-refractivity contribution >= 4 is 17.6 Å². The number of aromatic nitrogens is 2. The molecule has 2 heterocycles. The zero-order valence-electron chi connectivity index (χ0n) is 15.5. The van der Waals surface area contributed by atoms with Crippen molar-refractivity contribution < 1.29 is 9.59 Å². The maximum Gasteiger partial charge on any atom is 0.319 e. The van der Waals surface area contributed by atoms with Gasteiger partial charge < -0.3 is 15.5 Å². The van der Waals surface area contributed by atoms with Crippen molar-refractivity contribution in [3.8, 4) is 0 Å². The lowest BCUT2D eigenvalue weighted by molar-refractivity contribution is -0.129. The van der Waals surface area contributed by atoms with E-state index in [9.17, 15) is 9.59 Å². The molecule has 0 bridgehead atoms. The molecule has 1 aromatic heterocycles. The van der Waals surface area contributed by atoms with E-state index < -0.39 is 0 Å². The number of benzene rings is 1. The first-order valence-corrected chi connectivity index (χ1v) is 8.85. The Morgan fingerprint density at radius 1 is 1.19 bits per heavy atom. The van der Waals surface area contributed by atoms with Crippen molar-refractivity contribution in [2.75, 3.05) is 11.9 Å². The second-order valence-corrected chi connectivity index (χ2v) is 6.77. The Morgan fingerprint density at radius 2 is 2.00 bits per heavy atom. The van der Waals surface area contributed by atoms with Crippen molar-refractivity contribution in [2.24, 2.45) is 0 Å². The van der Waals surface area contributed by atoms with Crippen molar-refractivity contribution in [1.82, 2.24) is 20.0 Å². The molecule has 0 aliphatic carbocycles. The largest absolute Gasteiger partial charge is 0.337 e. The summed E-state index contributed by atoms with van der Waals surface area (Å²) in [5.74, 6) is 0.0761. The summed E-state index contributed by atoms with van der Waals surface area (Å²) in [5, 5.41) is 10.3. The number of nitrogens with one attached hydrogen (secondary N) is 2. The number of fused-ring (bicyclic) bond motifs is 1. The summed E-state index contributed by atoms with van der Waals surface area (Å²) < 4.78 is 1.93. The summed E-state index contributed by atoms with van der Waals surface area (Å²) in [6, 6.07) is 7.65. The van der Waals surface area contributed by atoms with E-state index in [1.165, 1.54) is 0 Å². The summed E-state index contributed by atoms with van der Waals surface area (Å²) in [7, 11) is 0. The molecule has 0 spiro atoms. The summed E-state index contributed by atoms with van der Waals surface area (Å²) in [4.78, 5) is 25.6. The molecule has 2 aromatic rings. The monoisotopic (exact) mass is 355 g/mol. The normalized spacial score (nSPS) is 13.7. The summed E-state index contributed by atoms with van der Waals surface area (Å²) >= 11 is 0. The second-order valence-electron chi connectivity index (χ2n) is 6.77. The van der Waals surface area contributed by atoms with Gasteiger partial charge in [-0.05, 0) is 43.5 Å². The number of carbonyl (C=O) groups excluding carboxylic acids is 2. The van der Waals surface area contributed by atoms with E-state index in [0.717, 1.165) is 47.7 Å². The highest BCUT2D eigenvalue weighted by atomic mass is 16.2. The van der Waals surface area contributed by atoms with Crippen LogP contribution in [0.15, 0.2) is 24.3 Å².